The molecule has 8 nitrogen and oxygen atoms in total. The summed E-state index contributed by atoms with van der Waals surface area (Å²) in [7, 11) is 0. The van der Waals surface area contributed by atoms with Gasteiger partial charge >= 0.3 is 0 Å². The molecule has 8 heteroatoms. The van der Waals surface area contributed by atoms with Gasteiger partial charge in [-0.1, -0.05) is 5.16 Å². The molecule has 2 fully saturated rings. The van der Waals surface area contributed by atoms with Crippen molar-refractivity contribution in [2.75, 3.05) is 6.54 Å². The first-order chi connectivity index (χ1) is 10.7. The molecule has 0 aromatic carbocycles. The van der Waals surface area contributed by atoms with Crippen molar-refractivity contribution in [2.45, 2.75) is 50.6 Å². The van der Waals surface area contributed by atoms with Crippen LogP contribution >= 0.6 is 0 Å². The third-order valence-corrected chi connectivity index (χ3v) is 4.41. The van der Waals surface area contributed by atoms with E-state index in [-0.39, 0.29) is 18.0 Å². The van der Waals surface area contributed by atoms with Gasteiger partial charge in [-0.2, -0.15) is 10.1 Å². The minimum Gasteiger partial charge on any atom is -0.339 e. The van der Waals surface area contributed by atoms with Gasteiger partial charge in [0.05, 0.1) is 6.04 Å². The van der Waals surface area contributed by atoms with Gasteiger partial charge in [-0.25, -0.2) is 9.67 Å². The molecule has 0 spiro atoms. The quantitative estimate of drug-likeness (QED) is 0.849. The molecule has 0 radical (unpaired) electrons. The summed E-state index contributed by atoms with van der Waals surface area (Å²) in [6.07, 6.45) is 7.07. The van der Waals surface area contributed by atoms with Crippen LogP contribution in [0.3, 0.4) is 0 Å². The first kappa shape index (κ1) is 13.4. The molecule has 1 saturated carbocycles. The third kappa shape index (κ3) is 2.28. The normalized spacial score (nSPS) is 23.0. The molecule has 3 heterocycles. The molecule has 2 aromatic heterocycles. The van der Waals surface area contributed by atoms with Crippen LogP contribution in [0.15, 0.2) is 17.2 Å². The van der Waals surface area contributed by atoms with E-state index in [1.807, 2.05) is 11.8 Å². The fourth-order valence-corrected chi connectivity index (χ4v) is 2.95. The average Bonchev–Trinajstić information content (AvgIpc) is 3.02. The second-order valence-corrected chi connectivity index (χ2v) is 6.01. The van der Waals surface area contributed by atoms with E-state index in [4.69, 9.17) is 4.52 Å². The topological polar surface area (TPSA) is 89.9 Å². The van der Waals surface area contributed by atoms with Gasteiger partial charge in [-0.3, -0.25) is 4.79 Å². The van der Waals surface area contributed by atoms with Crippen LogP contribution in [0.25, 0.3) is 0 Å². The first-order valence-electron chi connectivity index (χ1n) is 7.72. The van der Waals surface area contributed by atoms with Crippen LogP contribution in [0.1, 0.15) is 62.3 Å². The van der Waals surface area contributed by atoms with Crippen LogP contribution in [0, 0.1) is 0 Å². The minimum absolute atomic E-state index is 0.0192. The number of carbonyl (C=O) groups is 1. The molecule has 4 rings (SSSR count). The Morgan fingerprint density at radius 2 is 2.27 bits per heavy atom. The molecule has 2 atom stereocenters. The van der Waals surface area contributed by atoms with Crippen molar-refractivity contribution in [3.05, 3.63) is 24.4 Å². The first-order valence-corrected chi connectivity index (χ1v) is 7.72. The molecule has 116 valence electrons. The molecule has 1 amide bonds. The lowest BCUT2D eigenvalue weighted by Crippen LogP contribution is -2.36. The fraction of sp³-hybridized carbons (Fsp3) is 0.643. The van der Waals surface area contributed by atoms with Crippen LogP contribution in [0.2, 0.25) is 0 Å². The van der Waals surface area contributed by atoms with Crippen molar-refractivity contribution in [1.29, 1.82) is 0 Å². The smallest absolute Gasteiger partial charge is 0.247 e. The highest BCUT2D eigenvalue weighted by Gasteiger charge is 2.37. The Hall–Kier alpha value is -2.25. The lowest BCUT2D eigenvalue weighted by atomic mass is 10.2. The number of hydrogen-bond donors (Lipinski definition) is 0. The van der Waals surface area contributed by atoms with E-state index in [9.17, 15) is 4.79 Å². The van der Waals surface area contributed by atoms with E-state index < -0.39 is 0 Å². The lowest BCUT2D eigenvalue weighted by Gasteiger charge is -2.25. The summed E-state index contributed by atoms with van der Waals surface area (Å²) >= 11 is 0. The number of nitrogens with zero attached hydrogens (tertiary/aromatic N) is 6. The highest BCUT2D eigenvalue weighted by atomic mass is 16.5. The van der Waals surface area contributed by atoms with Gasteiger partial charge in [0.25, 0.3) is 0 Å². The third-order valence-electron chi connectivity index (χ3n) is 4.41. The number of aromatic nitrogens is 5. The van der Waals surface area contributed by atoms with E-state index in [0.717, 1.165) is 38.1 Å². The van der Waals surface area contributed by atoms with E-state index in [1.165, 1.54) is 6.33 Å². The molecule has 2 aromatic rings. The van der Waals surface area contributed by atoms with Gasteiger partial charge in [-0.05, 0) is 32.6 Å². The Morgan fingerprint density at radius 3 is 3.00 bits per heavy atom. The number of hydrogen-bond acceptors (Lipinski definition) is 6. The molecule has 1 aliphatic heterocycles. The highest BCUT2D eigenvalue weighted by Crippen LogP contribution is 2.40. The Kier molecular flexibility index (Phi) is 3.16. The lowest BCUT2D eigenvalue weighted by molar-refractivity contribution is -0.135. The Balaban J connectivity index is 1.53. The van der Waals surface area contributed by atoms with Gasteiger partial charge in [0.1, 0.15) is 18.7 Å². The number of carbonyl (C=O) groups excluding carboxylic acids is 1. The predicted molar refractivity (Wildman–Crippen MR) is 74.7 cm³/mol. The van der Waals surface area contributed by atoms with Crippen LogP contribution < -0.4 is 0 Å². The summed E-state index contributed by atoms with van der Waals surface area (Å²) in [6, 6.07) is -0.465. The van der Waals surface area contributed by atoms with Crippen LogP contribution in [-0.2, 0) is 4.79 Å². The molecule has 0 bridgehead atoms. The zero-order chi connectivity index (χ0) is 15.1. The molecular formula is C14H18N6O2. The Labute approximate surface area is 127 Å². The maximum Gasteiger partial charge on any atom is 0.247 e. The van der Waals surface area contributed by atoms with Crippen molar-refractivity contribution in [1.82, 2.24) is 29.8 Å². The average molecular weight is 302 g/mol. The molecule has 1 aliphatic carbocycles. The second kappa shape index (κ2) is 5.19. The minimum atomic E-state index is -0.377. The van der Waals surface area contributed by atoms with Gasteiger partial charge in [-0.15, -0.1) is 0 Å². The highest BCUT2D eigenvalue weighted by molar-refractivity contribution is 5.80. The van der Waals surface area contributed by atoms with Crippen molar-refractivity contribution in [2.24, 2.45) is 0 Å². The fourth-order valence-electron chi connectivity index (χ4n) is 2.95. The molecular weight excluding hydrogens is 284 g/mol. The molecule has 0 N–H and O–H groups in total. The number of amides is 1. The summed E-state index contributed by atoms with van der Waals surface area (Å²) in [5.41, 5.74) is 0. The second-order valence-electron chi connectivity index (χ2n) is 6.01. The summed E-state index contributed by atoms with van der Waals surface area (Å²) < 4.78 is 6.91. The summed E-state index contributed by atoms with van der Waals surface area (Å²) in [4.78, 5) is 23.0. The molecule has 1 saturated heterocycles. The molecule has 2 aliphatic rings. The summed E-state index contributed by atoms with van der Waals surface area (Å²) in [5.74, 6) is 1.81. The zero-order valence-electron chi connectivity index (χ0n) is 12.4. The van der Waals surface area contributed by atoms with Crippen LogP contribution in [0.4, 0.5) is 0 Å². The van der Waals surface area contributed by atoms with E-state index >= 15 is 0 Å². The Bertz CT molecular complexity index is 663. The molecule has 22 heavy (non-hydrogen) atoms. The number of rotatable bonds is 4. The summed E-state index contributed by atoms with van der Waals surface area (Å²) in [6.45, 7) is 2.55. The van der Waals surface area contributed by atoms with Gasteiger partial charge in [0, 0.05) is 12.5 Å². The van der Waals surface area contributed by atoms with Crippen molar-refractivity contribution < 1.29 is 9.32 Å². The zero-order valence-corrected chi connectivity index (χ0v) is 12.4. The van der Waals surface area contributed by atoms with Gasteiger partial charge in [0.15, 0.2) is 5.82 Å². The number of likely N-dealkylation sites (tertiary alicyclic amines) is 1. The van der Waals surface area contributed by atoms with Crippen LogP contribution in [0.5, 0.6) is 0 Å². The van der Waals surface area contributed by atoms with Gasteiger partial charge < -0.3 is 9.42 Å². The van der Waals surface area contributed by atoms with Crippen molar-refractivity contribution in [3.8, 4) is 0 Å². The Morgan fingerprint density at radius 1 is 1.41 bits per heavy atom. The molecule has 0 unspecified atom stereocenters. The predicted octanol–water partition coefficient (Wildman–Crippen LogP) is 1.46. The van der Waals surface area contributed by atoms with Gasteiger partial charge in [0.2, 0.25) is 11.8 Å². The van der Waals surface area contributed by atoms with Crippen LogP contribution in [-0.4, -0.2) is 42.3 Å². The monoisotopic (exact) mass is 302 g/mol. The standard InChI is InChI=1S/C14H18N6O2/c1-9(20-8-15-7-16-20)14(21)19-6-2-3-11(19)12-17-13(22-18-12)10-4-5-10/h7-11H,2-6H2,1H3/t9-,11-/m1/s1. The van der Waals surface area contributed by atoms with E-state index in [1.54, 1.807) is 11.0 Å². The maximum atomic E-state index is 12.7. The van der Waals surface area contributed by atoms with E-state index in [0.29, 0.717) is 11.7 Å². The largest absolute Gasteiger partial charge is 0.339 e. The summed E-state index contributed by atoms with van der Waals surface area (Å²) in [5, 5.41) is 8.15. The van der Waals surface area contributed by atoms with Crippen molar-refractivity contribution in [3.63, 3.8) is 0 Å². The van der Waals surface area contributed by atoms with Crippen molar-refractivity contribution >= 4 is 5.91 Å². The SMILES string of the molecule is C[C@H](C(=O)N1CCC[C@@H]1c1noc(C2CC2)n1)n1cncn1. The maximum absolute atomic E-state index is 12.7. The van der Waals surface area contributed by atoms with E-state index in [2.05, 4.69) is 20.2 Å².